The van der Waals surface area contributed by atoms with Gasteiger partial charge in [-0.05, 0) is 103 Å². The van der Waals surface area contributed by atoms with Crippen LogP contribution in [0.3, 0.4) is 0 Å². The topological polar surface area (TPSA) is 134 Å². The van der Waals surface area contributed by atoms with Gasteiger partial charge in [0.2, 0.25) is 0 Å². The van der Waals surface area contributed by atoms with Crippen LogP contribution in [0.1, 0.15) is 348 Å². The van der Waals surface area contributed by atoms with Gasteiger partial charge in [-0.25, -0.2) is 4.57 Å². The molecule has 524 valence electrons. The fourth-order valence-electron chi connectivity index (χ4n) is 10.8. The Balaban J connectivity index is 3.80. The number of hydrogen-bond acceptors (Lipinski definition) is 8. The summed E-state index contributed by atoms with van der Waals surface area (Å²) >= 11 is 0. The highest BCUT2D eigenvalue weighted by Gasteiger charge is 2.26. The van der Waals surface area contributed by atoms with E-state index in [1.54, 1.807) is 0 Å². The molecule has 0 aliphatic rings. The number of hydrogen-bond donors (Lipinski definition) is 2. The molecule has 0 aliphatic carbocycles. The van der Waals surface area contributed by atoms with E-state index in [0.29, 0.717) is 6.42 Å². The van der Waals surface area contributed by atoms with E-state index < -0.39 is 26.5 Å². The number of carbonyl (C=O) groups excluding carboxylic acids is 2. The summed E-state index contributed by atoms with van der Waals surface area (Å²) in [4.78, 5) is 35.4. The van der Waals surface area contributed by atoms with Crippen LogP contribution in [-0.4, -0.2) is 49.3 Å². The summed E-state index contributed by atoms with van der Waals surface area (Å²) in [6, 6.07) is 0. The summed E-state index contributed by atoms with van der Waals surface area (Å²) in [5, 5.41) is 0. The largest absolute Gasteiger partial charge is 0.472 e. The van der Waals surface area contributed by atoms with Crippen LogP contribution in [-0.2, 0) is 32.7 Å². The lowest BCUT2D eigenvalue weighted by Crippen LogP contribution is -2.29. The highest BCUT2D eigenvalue weighted by molar-refractivity contribution is 7.47. The molecule has 0 aromatic heterocycles. The molecule has 0 heterocycles. The summed E-state index contributed by atoms with van der Waals surface area (Å²) in [7, 11) is -4.40. The average Bonchev–Trinajstić information content (AvgIpc) is 3.74. The van der Waals surface area contributed by atoms with E-state index in [4.69, 9.17) is 24.3 Å². The van der Waals surface area contributed by atoms with Crippen LogP contribution in [0, 0.1) is 0 Å². The molecule has 2 atom stereocenters. The van der Waals surface area contributed by atoms with Gasteiger partial charge in [0.25, 0.3) is 0 Å². The van der Waals surface area contributed by atoms with Crippen molar-refractivity contribution in [3.63, 3.8) is 0 Å². The van der Waals surface area contributed by atoms with E-state index in [2.05, 4.69) is 135 Å². The molecule has 10 heteroatoms. The number of allylic oxidation sites excluding steroid dienone is 20. The van der Waals surface area contributed by atoms with Crippen LogP contribution in [0.4, 0.5) is 0 Å². The third-order valence-electron chi connectivity index (χ3n) is 16.3. The Morgan fingerprint density at radius 3 is 0.846 bits per heavy atom. The molecular weight excluding hydrogens is 1150 g/mol. The zero-order chi connectivity index (χ0) is 65.8. The van der Waals surface area contributed by atoms with Gasteiger partial charge in [-0.1, -0.05) is 354 Å². The van der Waals surface area contributed by atoms with Crippen LogP contribution in [0.2, 0.25) is 0 Å². The summed E-state index contributed by atoms with van der Waals surface area (Å²) in [5.74, 6) is -0.815. The molecule has 0 rings (SSSR count). The first kappa shape index (κ1) is 87.4. The van der Waals surface area contributed by atoms with Gasteiger partial charge >= 0.3 is 19.8 Å². The molecule has 0 bridgehead atoms. The normalized spacial score (nSPS) is 13.6. The van der Waals surface area contributed by atoms with Crippen molar-refractivity contribution in [2.24, 2.45) is 5.73 Å². The molecule has 0 aromatic rings. The van der Waals surface area contributed by atoms with Crippen LogP contribution in [0.25, 0.3) is 0 Å². The maximum Gasteiger partial charge on any atom is 0.472 e. The molecule has 0 aliphatic heterocycles. The predicted molar refractivity (Wildman–Crippen MR) is 394 cm³/mol. The second-order valence-corrected chi connectivity index (χ2v) is 26.6. The molecule has 0 aromatic carbocycles. The first-order valence-corrected chi connectivity index (χ1v) is 39.5. The zero-order valence-electron chi connectivity index (χ0n) is 59.1. The Hall–Kier alpha value is -3.59. The predicted octanol–water partition coefficient (Wildman–Crippen LogP) is 25.4. The van der Waals surface area contributed by atoms with Gasteiger partial charge in [0.1, 0.15) is 6.61 Å². The van der Waals surface area contributed by atoms with Crippen molar-refractivity contribution < 1.29 is 37.6 Å². The van der Waals surface area contributed by atoms with Gasteiger partial charge in [0.15, 0.2) is 6.10 Å². The second-order valence-electron chi connectivity index (χ2n) is 25.1. The first-order chi connectivity index (χ1) is 44.8. The Morgan fingerprint density at radius 1 is 0.330 bits per heavy atom. The number of phosphoric acid groups is 1. The van der Waals surface area contributed by atoms with Gasteiger partial charge in [-0.15, -0.1) is 0 Å². The van der Waals surface area contributed by atoms with E-state index in [1.165, 1.54) is 212 Å². The Labute approximate surface area is 561 Å². The minimum absolute atomic E-state index is 0.0519. The maximum atomic E-state index is 12.8. The van der Waals surface area contributed by atoms with E-state index in [1.807, 2.05) is 0 Å². The summed E-state index contributed by atoms with van der Waals surface area (Å²) in [6.45, 7) is 3.56. The van der Waals surface area contributed by atoms with Gasteiger partial charge in [-0.2, -0.15) is 0 Å². The molecule has 2 unspecified atom stereocenters. The number of phosphoric ester groups is 1. The van der Waals surface area contributed by atoms with Gasteiger partial charge in [0.05, 0.1) is 13.2 Å². The molecule has 3 N–H and O–H groups in total. The lowest BCUT2D eigenvalue weighted by Gasteiger charge is -2.19. The lowest BCUT2D eigenvalue weighted by atomic mass is 10.0. The quantitative estimate of drug-likeness (QED) is 0.0264. The van der Waals surface area contributed by atoms with Crippen molar-refractivity contribution in [2.75, 3.05) is 26.4 Å². The average molecular weight is 1290 g/mol. The number of rotatable bonds is 71. The summed E-state index contributed by atoms with van der Waals surface area (Å²) in [6.07, 6.45) is 106. The van der Waals surface area contributed by atoms with E-state index in [0.717, 1.165) is 103 Å². The van der Waals surface area contributed by atoms with Crippen molar-refractivity contribution in [3.8, 4) is 0 Å². The minimum atomic E-state index is -4.40. The molecule has 0 saturated heterocycles. The van der Waals surface area contributed by atoms with Gasteiger partial charge < -0.3 is 20.1 Å². The van der Waals surface area contributed by atoms with Crippen molar-refractivity contribution in [1.29, 1.82) is 0 Å². The van der Waals surface area contributed by atoms with Crippen LogP contribution in [0.15, 0.2) is 122 Å². The molecule has 0 spiro atoms. The Kier molecular flexibility index (Phi) is 72.5. The van der Waals surface area contributed by atoms with Gasteiger partial charge in [0, 0.05) is 19.4 Å². The van der Waals surface area contributed by atoms with Crippen LogP contribution < -0.4 is 5.73 Å². The fraction of sp³-hybridized carbons (Fsp3) is 0.728. The Morgan fingerprint density at radius 2 is 0.571 bits per heavy atom. The molecule has 0 amide bonds. The standard InChI is InChI=1S/C81H142NO8P/c1-3-5-7-9-11-13-15-17-19-21-23-25-27-29-31-33-34-35-36-37-38-39-40-41-42-43-44-46-48-50-52-54-56-58-60-62-64-66-68-70-72-74-81(84)90-79(78-89-91(85,86)88-76-75-82)77-87-80(83)73-71-69-67-65-63-61-59-57-55-53-51-49-47-45-32-30-28-26-24-22-20-18-16-14-12-10-8-6-4-2/h5-8,11-14,17-20,23-26,29,31,34-35,79H,3-4,9-10,15-16,21-22,27-28,30,32-33,36-78,82H2,1-2H3,(H,85,86)/b7-5-,8-6-,13-11-,14-12-,19-17-,20-18-,25-23-,26-24-,31-29-,35-34-. The lowest BCUT2D eigenvalue weighted by molar-refractivity contribution is -0.161. The second kappa shape index (κ2) is 75.4. The molecule has 0 fully saturated rings. The van der Waals surface area contributed by atoms with Crippen LogP contribution >= 0.6 is 7.82 Å². The van der Waals surface area contributed by atoms with E-state index >= 15 is 0 Å². The van der Waals surface area contributed by atoms with Crippen molar-refractivity contribution in [1.82, 2.24) is 0 Å². The number of unbranched alkanes of at least 4 members (excludes halogenated alkanes) is 38. The van der Waals surface area contributed by atoms with Crippen molar-refractivity contribution in [3.05, 3.63) is 122 Å². The van der Waals surface area contributed by atoms with Gasteiger partial charge in [-0.3, -0.25) is 18.6 Å². The summed E-state index contributed by atoms with van der Waals surface area (Å²) in [5.41, 5.74) is 5.41. The summed E-state index contributed by atoms with van der Waals surface area (Å²) < 4.78 is 33.2. The highest BCUT2D eigenvalue weighted by atomic mass is 31.2. The highest BCUT2D eigenvalue weighted by Crippen LogP contribution is 2.43. The third-order valence-corrected chi connectivity index (χ3v) is 17.3. The monoisotopic (exact) mass is 1290 g/mol. The smallest absolute Gasteiger partial charge is 0.462 e. The fourth-order valence-corrected chi connectivity index (χ4v) is 11.6. The molecule has 0 radical (unpaired) electrons. The third kappa shape index (κ3) is 75.3. The number of carbonyl (C=O) groups is 2. The first-order valence-electron chi connectivity index (χ1n) is 38.0. The van der Waals surface area contributed by atoms with Crippen LogP contribution in [0.5, 0.6) is 0 Å². The van der Waals surface area contributed by atoms with Crippen molar-refractivity contribution in [2.45, 2.75) is 354 Å². The zero-order valence-corrected chi connectivity index (χ0v) is 59.9. The van der Waals surface area contributed by atoms with Crippen molar-refractivity contribution >= 4 is 19.8 Å². The van der Waals surface area contributed by atoms with E-state index in [-0.39, 0.29) is 38.6 Å². The molecular formula is C81H142NO8P. The number of esters is 2. The molecule has 91 heavy (non-hydrogen) atoms. The minimum Gasteiger partial charge on any atom is -0.462 e. The molecule has 0 saturated carbocycles. The number of ether oxygens (including phenoxy) is 2. The Bertz CT molecular complexity index is 1910. The number of nitrogens with two attached hydrogens (primary N) is 1. The SMILES string of the molecule is CC/C=C\C/C=C\C/C=C\C/C=C\C/C=C\C/C=C\CCCCCCCCCCCCCCCCCCCCCCCCC(=O)OC(COC(=O)CCCCCCCCCCCCCCCCCC/C=C\C/C=C\C/C=C\C/C=C\CC)COP(=O)(O)OCCN. The van der Waals surface area contributed by atoms with E-state index in [9.17, 15) is 19.0 Å². The maximum absolute atomic E-state index is 12.8. The molecule has 9 nitrogen and oxygen atoms in total.